The molecule has 3 heterocycles. The molecule has 2 saturated heterocycles. The highest BCUT2D eigenvalue weighted by Gasteiger charge is 2.32. The van der Waals surface area contributed by atoms with Crippen molar-refractivity contribution in [1.29, 1.82) is 0 Å². The molecule has 0 bridgehead atoms. The standard InChI is InChI=1S/C23H30F3N3O3/c24-16-11-20(25)22(21(26)12-16)32-17-5-9-29(10-6-17)23(30)15-3-7-28(8-4-15)14-19-2-1-18(13-27)31-19/h2,11-12,15,17-18H,1,3-10,13-14,27H2. The van der Waals surface area contributed by atoms with Crippen LogP contribution in [0.5, 0.6) is 5.75 Å². The first-order valence-corrected chi connectivity index (χ1v) is 11.3. The lowest BCUT2D eigenvalue weighted by molar-refractivity contribution is -0.138. The van der Waals surface area contributed by atoms with E-state index in [2.05, 4.69) is 11.0 Å². The molecule has 1 aromatic rings. The topological polar surface area (TPSA) is 68.0 Å². The largest absolute Gasteiger partial charge is 0.492 e. The summed E-state index contributed by atoms with van der Waals surface area (Å²) in [6, 6.07) is 1.21. The molecule has 1 unspecified atom stereocenters. The van der Waals surface area contributed by atoms with E-state index in [4.69, 9.17) is 15.2 Å². The molecule has 0 radical (unpaired) electrons. The SMILES string of the molecule is NCC1CC=C(CN2CCC(C(=O)N3CCC(Oc4c(F)cc(F)cc4F)CC3)CC2)O1. The van der Waals surface area contributed by atoms with Crippen molar-refractivity contribution < 1.29 is 27.4 Å². The fourth-order valence-electron chi connectivity index (χ4n) is 4.64. The van der Waals surface area contributed by atoms with Crippen LogP contribution in [-0.4, -0.2) is 67.2 Å². The summed E-state index contributed by atoms with van der Waals surface area (Å²) in [5.41, 5.74) is 5.65. The summed E-state index contributed by atoms with van der Waals surface area (Å²) in [5, 5.41) is 0. The quantitative estimate of drug-likeness (QED) is 0.718. The molecule has 1 atom stereocenters. The first-order chi connectivity index (χ1) is 15.4. The van der Waals surface area contributed by atoms with E-state index in [0.717, 1.165) is 44.7 Å². The second-order valence-corrected chi connectivity index (χ2v) is 8.77. The van der Waals surface area contributed by atoms with Gasteiger partial charge in [-0.25, -0.2) is 13.2 Å². The number of ether oxygens (including phenoxy) is 2. The highest BCUT2D eigenvalue weighted by Crippen LogP contribution is 2.28. The number of carbonyl (C=O) groups excluding carboxylic acids is 1. The minimum atomic E-state index is -1.05. The fraction of sp³-hybridized carbons (Fsp3) is 0.609. The smallest absolute Gasteiger partial charge is 0.225 e. The van der Waals surface area contributed by atoms with Gasteiger partial charge in [-0.3, -0.25) is 9.69 Å². The Morgan fingerprint density at radius 1 is 1.06 bits per heavy atom. The van der Waals surface area contributed by atoms with Crippen LogP contribution < -0.4 is 10.5 Å². The third-order valence-corrected chi connectivity index (χ3v) is 6.51. The molecular weight excluding hydrogens is 423 g/mol. The van der Waals surface area contributed by atoms with Crippen LogP contribution in [0.3, 0.4) is 0 Å². The number of amides is 1. The van der Waals surface area contributed by atoms with Crippen LogP contribution in [0.2, 0.25) is 0 Å². The summed E-state index contributed by atoms with van der Waals surface area (Å²) >= 11 is 0. The van der Waals surface area contributed by atoms with Gasteiger partial charge in [-0.05, 0) is 32.0 Å². The van der Waals surface area contributed by atoms with Crippen LogP contribution in [-0.2, 0) is 9.53 Å². The minimum absolute atomic E-state index is 0.00836. The first-order valence-electron chi connectivity index (χ1n) is 11.3. The first kappa shape index (κ1) is 22.9. The number of hydrogen-bond acceptors (Lipinski definition) is 5. The number of benzene rings is 1. The van der Waals surface area contributed by atoms with Gasteiger partial charge in [0.05, 0.1) is 6.54 Å². The van der Waals surface area contributed by atoms with Crippen molar-refractivity contribution in [2.75, 3.05) is 39.3 Å². The summed E-state index contributed by atoms with van der Waals surface area (Å²) in [5.74, 6) is -2.53. The number of halogens is 3. The molecule has 0 aromatic heterocycles. The van der Waals surface area contributed by atoms with Crippen molar-refractivity contribution in [3.8, 4) is 5.75 Å². The maximum atomic E-state index is 13.8. The van der Waals surface area contributed by atoms with Crippen molar-refractivity contribution in [2.45, 2.75) is 44.3 Å². The zero-order valence-corrected chi connectivity index (χ0v) is 18.1. The van der Waals surface area contributed by atoms with Gasteiger partial charge in [0.15, 0.2) is 17.4 Å². The van der Waals surface area contributed by atoms with Crippen LogP contribution in [0, 0.1) is 23.4 Å². The number of rotatable bonds is 6. The van der Waals surface area contributed by atoms with E-state index in [0.29, 0.717) is 44.6 Å². The van der Waals surface area contributed by atoms with Gasteiger partial charge in [-0.15, -0.1) is 0 Å². The molecule has 32 heavy (non-hydrogen) atoms. The molecule has 1 aromatic carbocycles. The number of piperidine rings is 2. The van der Waals surface area contributed by atoms with Crippen LogP contribution >= 0.6 is 0 Å². The third-order valence-electron chi connectivity index (χ3n) is 6.51. The average molecular weight is 454 g/mol. The number of nitrogens with two attached hydrogens (primary N) is 1. The predicted octanol–water partition coefficient (Wildman–Crippen LogP) is 2.82. The number of hydrogen-bond donors (Lipinski definition) is 1. The molecule has 2 N–H and O–H groups in total. The van der Waals surface area contributed by atoms with Crippen molar-refractivity contribution in [3.63, 3.8) is 0 Å². The lowest BCUT2D eigenvalue weighted by Gasteiger charge is -2.37. The molecule has 1 amide bonds. The monoisotopic (exact) mass is 453 g/mol. The van der Waals surface area contributed by atoms with E-state index in [-0.39, 0.29) is 17.9 Å². The van der Waals surface area contributed by atoms with Gasteiger partial charge in [0.2, 0.25) is 5.91 Å². The van der Waals surface area contributed by atoms with Crippen LogP contribution in [0.15, 0.2) is 24.0 Å². The summed E-state index contributed by atoms with van der Waals surface area (Å²) in [6.07, 6.45) is 5.21. The minimum Gasteiger partial charge on any atom is -0.492 e. The predicted molar refractivity (Wildman–Crippen MR) is 112 cm³/mol. The van der Waals surface area contributed by atoms with Gasteiger partial charge in [0.25, 0.3) is 0 Å². The van der Waals surface area contributed by atoms with Gasteiger partial charge in [-0.1, -0.05) is 0 Å². The number of nitrogens with zero attached hydrogens (tertiary/aromatic N) is 2. The molecule has 3 aliphatic rings. The Bertz CT molecular complexity index is 827. The Hall–Kier alpha value is -2.26. The Labute approximate surface area is 186 Å². The lowest BCUT2D eigenvalue weighted by atomic mass is 9.94. The Balaban J connectivity index is 1.21. The van der Waals surface area contributed by atoms with Gasteiger partial charge in [0, 0.05) is 56.9 Å². The van der Waals surface area contributed by atoms with E-state index >= 15 is 0 Å². The third kappa shape index (κ3) is 5.38. The molecule has 4 rings (SSSR count). The molecule has 3 aliphatic heterocycles. The van der Waals surface area contributed by atoms with E-state index in [9.17, 15) is 18.0 Å². The maximum absolute atomic E-state index is 13.8. The second-order valence-electron chi connectivity index (χ2n) is 8.77. The van der Waals surface area contributed by atoms with Crippen molar-refractivity contribution in [3.05, 3.63) is 41.4 Å². The summed E-state index contributed by atoms with van der Waals surface area (Å²) in [6.45, 7) is 3.92. The Kier molecular flexibility index (Phi) is 7.25. The molecule has 176 valence electrons. The Morgan fingerprint density at radius 2 is 1.72 bits per heavy atom. The summed E-state index contributed by atoms with van der Waals surface area (Å²) in [7, 11) is 0. The van der Waals surface area contributed by atoms with Crippen molar-refractivity contribution in [2.24, 2.45) is 11.7 Å². The van der Waals surface area contributed by atoms with E-state index < -0.39 is 29.3 Å². The van der Waals surface area contributed by atoms with E-state index in [1.807, 2.05) is 4.90 Å². The van der Waals surface area contributed by atoms with Crippen molar-refractivity contribution >= 4 is 5.91 Å². The molecule has 0 spiro atoms. The highest BCUT2D eigenvalue weighted by atomic mass is 19.1. The maximum Gasteiger partial charge on any atom is 0.225 e. The normalized spacial score (nSPS) is 23.2. The highest BCUT2D eigenvalue weighted by molar-refractivity contribution is 5.79. The zero-order chi connectivity index (χ0) is 22.7. The molecule has 0 saturated carbocycles. The molecule has 0 aliphatic carbocycles. The van der Waals surface area contributed by atoms with E-state index in [1.165, 1.54) is 0 Å². The second kappa shape index (κ2) is 10.1. The molecular formula is C23H30F3N3O3. The zero-order valence-electron chi connectivity index (χ0n) is 18.1. The van der Waals surface area contributed by atoms with Crippen LogP contribution in [0.4, 0.5) is 13.2 Å². The fourth-order valence-corrected chi connectivity index (χ4v) is 4.64. The van der Waals surface area contributed by atoms with Crippen molar-refractivity contribution in [1.82, 2.24) is 9.80 Å². The van der Waals surface area contributed by atoms with Gasteiger partial charge in [0.1, 0.15) is 23.8 Å². The number of carbonyl (C=O) groups is 1. The molecule has 9 heteroatoms. The molecule has 6 nitrogen and oxygen atoms in total. The molecule has 2 fully saturated rings. The van der Waals surface area contributed by atoms with Gasteiger partial charge in [-0.2, -0.15) is 0 Å². The average Bonchev–Trinajstić information content (AvgIpc) is 3.24. The van der Waals surface area contributed by atoms with Crippen LogP contribution in [0.1, 0.15) is 32.1 Å². The van der Waals surface area contributed by atoms with E-state index in [1.54, 1.807) is 0 Å². The summed E-state index contributed by atoms with van der Waals surface area (Å²) < 4.78 is 52.0. The summed E-state index contributed by atoms with van der Waals surface area (Å²) in [4.78, 5) is 17.1. The van der Waals surface area contributed by atoms with Gasteiger partial charge < -0.3 is 20.1 Å². The number of likely N-dealkylation sites (tertiary alicyclic amines) is 2. The Morgan fingerprint density at radius 3 is 2.31 bits per heavy atom. The van der Waals surface area contributed by atoms with Crippen LogP contribution in [0.25, 0.3) is 0 Å². The lowest BCUT2D eigenvalue weighted by Crippen LogP contribution is -2.47. The van der Waals surface area contributed by atoms with Gasteiger partial charge >= 0.3 is 0 Å².